The maximum atomic E-state index is 12.9. The number of rotatable bonds is 16. The molecule has 0 fully saturated rings. The van der Waals surface area contributed by atoms with Gasteiger partial charge in [-0.25, -0.2) is 14.6 Å². The third-order valence-electron chi connectivity index (χ3n) is 7.96. The highest BCUT2D eigenvalue weighted by Crippen LogP contribution is 2.38. The minimum Gasteiger partial charge on any atom is -0.465 e. The van der Waals surface area contributed by atoms with E-state index < -0.39 is 11.9 Å². The highest BCUT2D eigenvalue weighted by molar-refractivity contribution is 9.10. The van der Waals surface area contributed by atoms with Crippen LogP contribution in [0.1, 0.15) is 36.6 Å². The molecule has 1 aromatic heterocycles. The molecular weight excluding hydrogens is 796 g/mol. The first-order valence-corrected chi connectivity index (χ1v) is 18.0. The van der Waals surface area contributed by atoms with Crippen molar-refractivity contribution in [2.45, 2.75) is 6.54 Å². The lowest BCUT2D eigenvalue weighted by Gasteiger charge is -2.15. The number of nitrogens with two attached hydrogens (primary N) is 1. The number of imidazole rings is 1. The summed E-state index contributed by atoms with van der Waals surface area (Å²) in [4.78, 5) is 43.7. The topological polar surface area (TPSA) is 144 Å². The number of amides is 1. The zero-order valence-electron chi connectivity index (χ0n) is 28.7. The minimum absolute atomic E-state index is 0.172. The number of ether oxygens (including phenoxy) is 4. The van der Waals surface area contributed by atoms with Gasteiger partial charge in [0, 0.05) is 50.8 Å². The van der Waals surface area contributed by atoms with Gasteiger partial charge in [0.1, 0.15) is 5.82 Å². The molecule has 52 heavy (non-hydrogen) atoms. The maximum absolute atomic E-state index is 12.9. The Labute approximate surface area is 318 Å². The van der Waals surface area contributed by atoms with Crippen molar-refractivity contribution in [2.24, 2.45) is 5.73 Å². The molecule has 0 saturated heterocycles. The Morgan fingerprint density at radius 3 is 1.81 bits per heavy atom. The number of aromatic nitrogens is 2. The van der Waals surface area contributed by atoms with Crippen molar-refractivity contribution in [3.63, 3.8) is 0 Å². The van der Waals surface area contributed by atoms with E-state index in [-0.39, 0.29) is 17.0 Å². The molecule has 0 aliphatic rings. The van der Waals surface area contributed by atoms with Crippen LogP contribution in [0, 0.1) is 0 Å². The molecule has 3 N–H and O–H groups in total. The number of carbonyl (C=O) groups excluding carboxylic acids is 3. The summed E-state index contributed by atoms with van der Waals surface area (Å²) in [6.07, 6.45) is 0. The van der Waals surface area contributed by atoms with E-state index >= 15 is 0 Å². The zero-order chi connectivity index (χ0) is 37.0. The van der Waals surface area contributed by atoms with E-state index in [1.54, 1.807) is 24.3 Å². The van der Waals surface area contributed by atoms with Crippen LogP contribution in [0.3, 0.4) is 0 Å². The fourth-order valence-corrected chi connectivity index (χ4v) is 5.98. The summed E-state index contributed by atoms with van der Waals surface area (Å²) in [5, 5.41) is 2.88. The Morgan fingerprint density at radius 2 is 1.25 bits per heavy atom. The van der Waals surface area contributed by atoms with Crippen LogP contribution in [0.15, 0.2) is 99.9 Å². The third-order valence-corrected chi connectivity index (χ3v) is 9.02. The number of nitrogens with one attached hydrogen (secondary N) is 1. The Morgan fingerprint density at radius 1 is 0.692 bits per heavy atom. The monoisotopic (exact) mass is 832 g/mol. The molecule has 0 spiro atoms. The van der Waals surface area contributed by atoms with Crippen LogP contribution in [-0.2, 0) is 25.5 Å². The molecule has 13 heteroatoms. The summed E-state index contributed by atoms with van der Waals surface area (Å²) < 4.78 is 24.7. The molecule has 1 amide bonds. The van der Waals surface area contributed by atoms with E-state index in [0.717, 1.165) is 31.3 Å². The molecule has 0 radical (unpaired) electrons. The van der Waals surface area contributed by atoms with Crippen molar-refractivity contribution < 1.29 is 33.3 Å². The lowest BCUT2D eigenvalue weighted by molar-refractivity contribution is 0.0511. The van der Waals surface area contributed by atoms with Gasteiger partial charge in [-0.3, -0.25) is 4.79 Å². The zero-order valence-corrected chi connectivity index (χ0v) is 31.9. The predicted octanol–water partition coefficient (Wildman–Crippen LogP) is 6.75. The molecule has 0 bridgehead atoms. The second-order valence-electron chi connectivity index (χ2n) is 11.5. The molecule has 0 aliphatic carbocycles. The summed E-state index contributed by atoms with van der Waals surface area (Å²) in [6.45, 7) is 2.85. The SMILES string of the molecule is COC(=O)c1cc(C(=O)OC)cc(-c2nc(-c3ccc(Br)cc3)c(-c3ccc(Br)cc3)n2Cc2ccc(C(=O)NCCOCCOCCN)cc2)c1. The van der Waals surface area contributed by atoms with Gasteiger partial charge in [-0.2, -0.15) is 0 Å². The largest absolute Gasteiger partial charge is 0.465 e. The van der Waals surface area contributed by atoms with Crippen LogP contribution in [0.5, 0.6) is 0 Å². The second kappa shape index (κ2) is 18.7. The first-order chi connectivity index (χ1) is 25.2. The number of benzene rings is 4. The van der Waals surface area contributed by atoms with Gasteiger partial charge in [0.05, 0.1) is 63.2 Å². The van der Waals surface area contributed by atoms with Crippen molar-refractivity contribution in [1.29, 1.82) is 0 Å². The second-order valence-corrected chi connectivity index (χ2v) is 13.3. The van der Waals surface area contributed by atoms with Gasteiger partial charge in [-0.15, -0.1) is 0 Å². The van der Waals surface area contributed by atoms with E-state index in [9.17, 15) is 14.4 Å². The average molecular weight is 835 g/mol. The van der Waals surface area contributed by atoms with Crippen LogP contribution in [-0.4, -0.2) is 81.1 Å². The van der Waals surface area contributed by atoms with Crippen LogP contribution >= 0.6 is 31.9 Å². The van der Waals surface area contributed by atoms with E-state index in [1.165, 1.54) is 20.3 Å². The lowest BCUT2D eigenvalue weighted by atomic mass is 10.0. The van der Waals surface area contributed by atoms with Gasteiger partial charge in [0.15, 0.2) is 0 Å². The summed E-state index contributed by atoms with van der Waals surface area (Å²) in [6, 6.07) is 27.8. The van der Waals surface area contributed by atoms with E-state index in [4.69, 9.17) is 29.7 Å². The number of halogens is 2. The standard InChI is InChI=1S/C39H38Br2N4O7/c1-49-38(47)30-21-29(22-31(23-30)39(48)50-2)36-44-34(26-7-11-32(40)12-8-26)35(27-9-13-33(41)14-10-27)45(36)24-25-3-5-28(6-4-25)37(46)43-16-18-52-20-19-51-17-15-42/h3-14,21-23H,15-20,24,42H2,1-2H3,(H,43,46). The van der Waals surface area contributed by atoms with Crippen LogP contribution in [0.4, 0.5) is 0 Å². The summed E-state index contributed by atoms with van der Waals surface area (Å²) in [7, 11) is 2.56. The van der Waals surface area contributed by atoms with Crippen molar-refractivity contribution in [3.05, 3.63) is 122 Å². The highest BCUT2D eigenvalue weighted by Gasteiger charge is 2.24. The Bertz CT molecular complexity index is 1960. The molecule has 0 saturated carbocycles. The molecule has 0 atom stereocenters. The number of nitrogens with zero attached hydrogens (tertiary/aromatic N) is 2. The quantitative estimate of drug-likeness (QED) is 0.0815. The molecular formula is C39H38Br2N4O7. The molecule has 0 aliphatic heterocycles. The van der Waals surface area contributed by atoms with Gasteiger partial charge in [0.25, 0.3) is 5.91 Å². The van der Waals surface area contributed by atoms with Gasteiger partial charge in [-0.05, 0) is 60.2 Å². The van der Waals surface area contributed by atoms with Crippen molar-refractivity contribution in [2.75, 3.05) is 53.7 Å². The summed E-state index contributed by atoms with van der Waals surface area (Å²) in [5.41, 5.74) is 10.9. The van der Waals surface area contributed by atoms with Gasteiger partial charge >= 0.3 is 11.9 Å². The van der Waals surface area contributed by atoms with E-state index in [1.807, 2.05) is 65.2 Å². The van der Waals surface area contributed by atoms with Gasteiger partial charge in [-0.1, -0.05) is 68.3 Å². The van der Waals surface area contributed by atoms with E-state index in [2.05, 4.69) is 37.2 Å². The average Bonchev–Trinajstić information content (AvgIpc) is 3.54. The third kappa shape index (κ3) is 9.81. The van der Waals surface area contributed by atoms with Gasteiger partial charge < -0.3 is 34.6 Å². The summed E-state index contributed by atoms with van der Waals surface area (Å²) in [5.74, 6) is -0.936. The molecule has 1 heterocycles. The lowest BCUT2D eigenvalue weighted by Crippen LogP contribution is -2.27. The molecule has 5 aromatic rings. The number of esters is 2. The van der Waals surface area contributed by atoms with Crippen molar-refractivity contribution in [3.8, 4) is 33.9 Å². The summed E-state index contributed by atoms with van der Waals surface area (Å²) >= 11 is 7.08. The number of hydrogen-bond donors (Lipinski definition) is 2. The molecule has 11 nitrogen and oxygen atoms in total. The number of hydrogen-bond acceptors (Lipinski definition) is 9. The van der Waals surface area contributed by atoms with Crippen LogP contribution in [0.2, 0.25) is 0 Å². The first-order valence-electron chi connectivity index (χ1n) is 16.4. The molecule has 4 aromatic carbocycles. The Balaban J connectivity index is 1.55. The number of methoxy groups -OCH3 is 2. The fraction of sp³-hybridized carbons (Fsp3) is 0.231. The minimum atomic E-state index is -0.608. The first kappa shape index (κ1) is 38.6. The Kier molecular flexibility index (Phi) is 13.9. The van der Waals surface area contributed by atoms with Crippen molar-refractivity contribution in [1.82, 2.24) is 14.9 Å². The van der Waals surface area contributed by atoms with Crippen LogP contribution in [0.25, 0.3) is 33.9 Å². The fourth-order valence-electron chi connectivity index (χ4n) is 5.45. The molecule has 0 unspecified atom stereocenters. The highest BCUT2D eigenvalue weighted by atomic mass is 79.9. The number of carbonyl (C=O) groups is 3. The molecule has 270 valence electrons. The Hall–Kier alpha value is -4.66. The van der Waals surface area contributed by atoms with Gasteiger partial charge in [0.2, 0.25) is 0 Å². The normalized spacial score (nSPS) is 10.9. The van der Waals surface area contributed by atoms with E-state index in [0.29, 0.717) is 68.7 Å². The maximum Gasteiger partial charge on any atom is 0.337 e. The van der Waals surface area contributed by atoms with Crippen molar-refractivity contribution >= 4 is 49.7 Å². The predicted molar refractivity (Wildman–Crippen MR) is 205 cm³/mol. The molecule has 5 rings (SSSR count). The van der Waals surface area contributed by atoms with Crippen LogP contribution < -0.4 is 11.1 Å². The smallest absolute Gasteiger partial charge is 0.337 e.